The van der Waals surface area contributed by atoms with Crippen LogP contribution in [0, 0.1) is 6.42 Å². The van der Waals surface area contributed by atoms with E-state index < -0.39 is 0 Å². The molecule has 1 nitrogen and oxygen atoms in total. The van der Waals surface area contributed by atoms with E-state index in [0.717, 1.165) is 6.61 Å². The van der Waals surface area contributed by atoms with Gasteiger partial charge in [0.05, 0.1) is 12.7 Å². The Bertz CT molecular complexity index is 97.2. The minimum absolute atomic E-state index is 0.598. The van der Waals surface area contributed by atoms with Crippen LogP contribution in [0.15, 0.2) is 0 Å². The van der Waals surface area contributed by atoms with E-state index in [0.29, 0.717) is 6.10 Å². The lowest BCUT2D eigenvalue weighted by atomic mass is 10.1. The zero-order chi connectivity index (χ0) is 8.65. The molecule has 1 saturated heterocycles. The quantitative estimate of drug-likeness (QED) is 0.401. The van der Waals surface area contributed by atoms with Crippen molar-refractivity contribution in [1.29, 1.82) is 0 Å². The summed E-state index contributed by atoms with van der Waals surface area (Å²) < 4.78 is 5.12. The van der Waals surface area contributed by atoms with Crippen LogP contribution >= 0.6 is 0 Å². The van der Waals surface area contributed by atoms with Crippen LogP contribution in [0.1, 0.15) is 51.9 Å². The average Bonchev–Trinajstić information content (AvgIpc) is 2.87. The molecule has 1 fully saturated rings. The van der Waals surface area contributed by atoms with E-state index in [1.807, 2.05) is 0 Å². The third kappa shape index (κ3) is 5.59. The maximum absolute atomic E-state index is 5.12. The molecule has 0 aliphatic carbocycles. The first-order valence-electron chi connectivity index (χ1n) is 5.36. The van der Waals surface area contributed by atoms with Gasteiger partial charge in [0.15, 0.2) is 0 Å². The molecule has 1 heteroatoms. The molecule has 1 unspecified atom stereocenters. The Kier molecular flexibility index (Phi) is 5.42. The second-order valence-electron chi connectivity index (χ2n) is 3.68. The minimum Gasteiger partial charge on any atom is -0.373 e. The molecule has 0 saturated carbocycles. The van der Waals surface area contributed by atoms with E-state index in [4.69, 9.17) is 4.74 Å². The maximum atomic E-state index is 5.12. The number of rotatable bonds is 8. The summed E-state index contributed by atoms with van der Waals surface area (Å²) in [5.74, 6) is 0. The smallest absolute Gasteiger partial charge is 0.0812 e. The van der Waals surface area contributed by atoms with Gasteiger partial charge in [-0.05, 0) is 12.8 Å². The van der Waals surface area contributed by atoms with Crippen LogP contribution < -0.4 is 0 Å². The fraction of sp³-hybridized carbons (Fsp3) is 0.909. The van der Waals surface area contributed by atoms with Gasteiger partial charge in [0.1, 0.15) is 0 Å². The lowest BCUT2D eigenvalue weighted by Gasteiger charge is -1.98. The Labute approximate surface area is 76.5 Å². The highest BCUT2D eigenvalue weighted by Crippen LogP contribution is 2.17. The van der Waals surface area contributed by atoms with Gasteiger partial charge < -0.3 is 4.74 Å². The summed E-state index contributed by atoms with van der Waals surface area (Å²) in [5, 5.41) is 0. The summed E-state index contributed by atoms with van der Waals surface area (Å²) in [6.07, 6.45) is 12.4. The van der Waals surface area contributed by atoms with Gasteiger partial charge in [-0.25, -0.2) is 0 Å². The molecule has 1 aliphatic heterocycles. The molecule has 0 aromatic rings. The normalized spacial score (nSPS) is 21.2. The van der Waals surface area contributed by atoms with Crippen LogP contribution in [0.2, 0.25) is 0 Å². The predicted molar refractivity (Wildman–Crippen MR) is 52.0 cm³/mol. The highest BCUT2D eigenvalue weighted by molar-refractivity contribution is 4.77. The summed E-state index contributed by atoms with van der Waals surface area (Å²) in [7, 11) is 0. The van der Waals surface area contributed by atoms with E-state index in [1.54, 1.807) is 0 Å². The summed E-state index contributed by atoms with van der Waals surface area (Å²) in [5.41, 5.74) is 0. The first-order valence-corrected chi connectivity index (χ1v) is 5.36. The highest BCUT2D eigenvalue weighted by Gasteiger charge is 2.20. The van der Waals surface area contributed by atoms with Crippen molar-refractivity contribution in [3.63, 3.8) is 0 Å². The largest absolute Gasteiger partial charge is 0.373 e. The first kappa shape index (κ1) is 10.0. The van der Waals surface area contributed by atoms with Crippen molar-refractivity contribution in [3.05, 3.63) is 6.42 Å². The SMILES string of the molecule is CCCCCCC[CH]CC1CO1. The molecule has 0 amide bonds. The highest BCUT2D eigenvalue weighted by atomic mass is 16.6. The summed E-state index contributed by atoms with van der Waals surface area (Å²) in [4.78, 5) is 0. The predicted octanol–water partition coefficient (Wildman–Crippen LogP) is 3.34. The Morgan fingerprint density at radius 2 is 2.00 bits per heavy atom. The van der Waals surface area contributed by atoms with Crippen molar-refractivity contribution in [2.45, 2.75) is 58.0 Å². The van der Waals surface area contributed by atoms with Gasteiger partial charge in [-0.15, -0.1) is 0 Å². The Morgan fingerprint density at radius 1 is 1.25 bits per heavy atom. The molecule has 1 radical (unpaired) electrons. The molecule has 1 heterocycles. The number of hydrogen-bond acceptors (Lipinski definition) is 1. The number of hydrogen-bond donors (Lipinski definition) is 0. The van der Waals surface area contributed by atoms with Crippen LogP contribution in [0.4, 0.5) is 0 Å². The van der Waals surface area contributed by atoms with E-state index in [2.05, 4.69) is 13.3 Å². The van der Waals surface area contributed by atoms with Crippen molar-refractivity contribution in [1.82, 2.24) is 0 Å². The molecule has 0 N–H and O–H groups in total. The average molecular weight is 169 g/mol. The van der Waals surface area contributed by atoms with Crippen molar-refractivity contribution in [2.75, 3.05) is 6.61 Å². The summed E-state index contributed by atoms with van der Waals surface area (Å²) >= 11 is 0. The molecule has 0 bridgehead atoms. The Hall–Kier alpha value is -0.0400. The molecular formula is C11H21O. The molecule has 1 aliphatic rings. The van der Waals surface area contributed by atoms with E-state index in [1.165, 1.54) is 44.9 Å². The van der Waals surface area contributed by atoms with Crippen molar-refractivity contribution in [3.8, 4) is 0 Å². The van der Waals surface area contributed by atoms with Gasteiger partial charge in [-0.3, -0.25) is 0 Å². The van der Waals surface area contributed by atoms with Crippen LogP contribution in [0.25, 0.3) is 0 Å². The zero-order valence-electron chi connectivity index (χ0n) is 8.22. The van der Waals surface area contributed by atoms with E-state index >= 15 is 0 Å². The van der Waals surface area contributed by atoms with E-state index in [9.17, 15) is 0 Å². The van der Waals surface area contributed by atoms with Crippen molar-refractivity contribution >= 4 is 0 Å². The van der Waals surface area contributed by atoms with Gasteiger partial charge >= 0.3 is 0 Å². The van der Waals surface area contributed by atoms with Gasteiger partial charge in [0, 0.05) is 0 Å². The fourth-order valence-electron chi connectivity index (χ4n) is 1.40. The van der Waals surface area contributed by atoms with Crippen LogP contribution in [0.5, 0.6) is 0 Å². The lowest BCUT2D eigenvalue weighted by molar-refractivity contribution is 0.403. The standard InChI is InChI=1S/C11H21O/c1-2-3-4-5-6-7-8-9-11-10-12-11/h8,11H,2-7,9-10H2,1H3. The lowest BCUT2D eigenvalue weighted by Crippen LogP contribution is -1.86. The monoisotopic (exact) mass is 169 g/mol. The number of ether oxygens (including phenoxy) is 1. The third-order valence-electron chi connectivity index (χ3n) is 2.34. The fourth-order valence-corrected chi connectivity index (χ4v) is 1.40. The topological polar surface area (TPSA) is 12.5 Å². The Balaban J connectivity index is 1.65. The molecule has 12 heavy (non-hydrogen) atoms. The molecular weight excluding hydrogens is 148 g/mol. The summed E-state index contributed by atoms with van der Waals surface area (Å²) in [6.45, 7) is 3.27. The van der Waals surface area contributed by atoms with Gasteiger partial charge in [-0.1, -0.05) is 45.4 Å². The Morgan fingerprint density at radius 3 is 2.67 bits per heavy atom. The number of unbranched alkanes of at least 4 members (excludes halogenated alkanes) is 6. The second-order valence-corrected chi connectivity index (χ2v) is 3.68. The summed E-state index contributed by atoms with van der Waals surface area (Å²) in [6, 6.07) is 0. The first-order chi connectivity index (χ1) is 5.93. The number of epoxide rings is 1. The third-order valence-corrected chi connectivity index (χ3v) is 2.34. The van der Waals surface area contributed by atoms with Crippen molar-refractivity contribution < 1.29 is 4.74 Å². The van der Waals surface area contributed by atoms with Gasteiger partial charge in [-0.2, -0.15) is 0 Å². The van der Waals surface area contributed by atoms with Gasteiger partial charge in [0.25, 0.3) is 0 Å². The van der Waals surface area contributed by atoms with Crippen molar-refractivity contribution in [2.24, 2.45) is 0 Å². The van der Waals surface area contributed by atoms with Crippen LogP contribution in [0.3, 0.4) is 0 Å². The molecule has 1 rings (SSSR count). The minimum atomic E-state index is 0.598. The zero-order valence-corrected chi connectivity index (χ0v) is 8.22. The molecule has 0 aromatic carbocycles. The second kappa shape index (κ2) is 6.47. The van der Waals surface area contributed by atoms with Crippen LogP contribution in [-0.2, 0) is 4.74 Å². The van der Waals surface area contributed by atoms with Crippen LogP contribution in [-0.4, -0.2) is 12.7 Å². The van der Waals surface area contributed by atoms with Gasteiger partial charge in [0.2, 0.25) is 0 Å². The van der Waals surface area contributed by atoms with E-state index in [-0.39, 0.29) is 0 Å². The maximum Gasteiger partial charge on any atom is 0.0812 e. The molecule has 0 aromatic heterocycles. The molecule has 71 valence electrons. The molecule has 1 atom stereocenters. The molecule has 0 spiro atoms.